The third-order valence-corrected chi connectivity index (χ3v) is 6.59. The van der Waals surface area contributed by atoms with Crippen LogP contribution in [0, 0.1) is 5.92 Å². The topological polar surface area (TPSA) is 49.0 Å². The molecule has 3 rings (SSSR count). The lowest BCUT2D eigenvalue weighted by Gasteiger charge is -2.44. The highest BCUT2D eigenvalue weighted by atomic mass is 16.5. The summed E-state index contributed by atoms with van der Waals surface area (Å²) >= 11 is 0. The predicted octanol–water partition coefficient (Wildman–Crippen LogP) is 5.01. The van der Waals surface area contributed by atoms with Crippen LogP contribution in [0.15, 0.2) is 42.5 Å². The Bertz CT molecular complexity index is 825. The zero-order valence-electron chi connectivity index (χ0n) is 19.4. The minimum absolute atomic E-state index is 0.0936. The average Bonchev–Trinajstić information content (AvgIpc) is 2.83. The molecule has 0 bridgehead atoms. The molecule has 2 aromatic rings. The summed E-state index contributed by atoms with van der Waals surface area (Å²) < 4.78 is 22.8. The van der Waals surface area contributed by atoms with Gasteiger partial charge in [-0.25, -0.2) is 0 Å². The van der Waals surface area contributed by atoms with E-state index < -0.39 is 0 Å². The van der Waals surface area contributed by atoms with Crippen LogP contribution in [0.5, 0.6) is 17.2 Å². The van der Waals surface area contributed by atoms with Crippen LogP contribution in [0.2, 0.25) is 0 Å². The summed E-state index contributed by atoms with van der Waals surface area (Å²) in [5.74, 6) is 2.99. The molecule has 2 unspecified atom stereocenters. The molecule has 170 valence electrons. The second kappa shape index (κ2) is 11.4. The van der Waals surface area contributed by atoms with Gasteiger partial charge in [-0.2, -0.15) is 0 Å². The number of hydrogen-bond donors (Lipinski definition) is 1. The standard InChI is InChI=1S/C26H37NO4/c1-5-26(14-15-27-19-20-12-13-24(29-3)25(17-20)30-4)22(10-8-16-31-26)18-21-9-6-7-11-23(21)28-2/h6-7,9,11-13,17,22,27H,5,8,10,14-16,18-19H2,1-4H3. The molecule has 0 aromatic heterocycles. The molecule has 0 radical (unpaired) electrons. The molecule has 0 spiro atoms. The lowest BCUT2D eigenvalue weighted by Crippen LogP contribution is -2.46. The highest BCUT2D eigenvalue weighted by Gasteiger charge is 2.40. The van der Waals surface area contributed by atoms with E-state index in [9.17, 15) is 0 Å². The molecule has 2 aromatic carbocycles. The molecule has 5 nitrogen and oxygen atoms in total. The summed E-state index contributed by atoms with van der Waals surface area (Å²) in [7, 11) is 5.08. The maximum atomic E-state index is 6.47. The van der Waals surface area contributed by atoms with Crippen molar-refractivity contribution < 1.29 is 18.9 Å². The molecular formula is C26H37NO4. The number of hydrogen-bond acceptors (Lipinski definition) is 5. The van der Waals surface area contributed by atoms with Gasteiger partial charge in [-0.05, 0) is 73.9 Å². The van der Waals surface area contributed by atoms with Gasteiger partial charge in [-0.15, -0.1) is 0 Å². The Morgan fingerprint density at radius 3 is 2.52 bits per heavy atom. The average molecular weight is 428 g/mol. The molecule has 0 amide bonds. The molecule has 0 aliphatic carbocycles. The maximum absolute atomic E-state index is 6.47. The van der Waals surface area contributed by atoms with E-state index in [1.807, 2.05) is 18.2 Å². The fourth-order valence-corrected chi connectivity index (χ4v) is 4.78. The fourth-order valence-electron chi connectivity index (χ4n) is 4.78. The van der Waals surface area contributed by atoms with E-state index in [1.165, 1.54) is 17.5 Å². The summed E-state index contributed by atoms with van der Waals surface area (Å²) in [4.78, 5) is 0. The van der Waals surface area contributed by atoms with E-state index in [0.29, 0.717) is 5.92 Å². The normalized spacial score (nSPS) is 21.0. The molecule has 1 fully saturated rings. The minimum Gasteiger partial charge on any atom is -0.496 e. The SMILES string of the molecule is CCC1(CCNCc2ccc(OC)c(OC)c2)OCCCC1Cc1ccccc1OC. The van der Waals surface area contributed by atoms with Crippen molar-refractivity contribution in [2.75, 3.05) is 34.5 Å². The summed E-state index contributed by atoms with van der Waals surface area (Å²) in [6, 6.07) is 14.4. The zero-order chi connectivity index (χ0) is 22.1. The summed E-state index contributed by atoms with van der Waals surface area (Å²) in [6.45, 7) is 4.81. The number of rotatable bonds is 11. The van der Waals surface area contributed by atoms with Gasteiger partial charge in [0, 0.05) is 13.2 Å². The Balaban J connectivity index is 1.62. The highest BCUT2D eigenvalue weighted by molar-refractivity contribution is 5.42. The largest absolute Gasteiger partial charge is 0.496 e. The van der Waals surface area contributed by atoms with Crippen molar-refractivity contribution >= 4 is 0 Å². The van der Waals surface area contributed by atoms with Crippen LogP contribution in [0.3, 0.4) is 0 Å². The Kier molecular flexibility index (Phi) is 8.61. The Morgan fingerprint density at radius 2 is 1.77 bits per heavy atom. The van der Waals surface area contributed by atoms with Crippen LogP contribution in [0.1, 0.15) is 43.7 Å². The number of ether oxygens (including phenoxy) is 4. The van der Waals surface area contributed by atoms with Gasteiger partial charge in [0.1, 0.15) is 5.75 Å². The highest BCUT2D eigenvalue weighted by Crippen LogP contribution is 2.40. The van der Waals surface area contributed by atoms with Gasteiger partial charge in [-0.3, -0.25) is 0 Å². The van der Waals surface area contributed by atoms with Gasteiger partial charge < -0.3 is 24.3 Å². The van der Waals surface area contributed by atoms with E-state index in [2.05, 4.69) is 36.5 Å². The predicted molar refractivity (Wildman–Crippen MR) is 124 cm³/mol. The van der Waals surface area contributed by atoms with Gasteiger partial charge in [0.15, 0.2) is 11.5 Å². The smallest absolute Gasteiger partial charge is 0.161 e. The zero-order valence-corrected chi connectivity index (χ0v) is 19.4. The molecule has 31 heavy (non-hydrogen) atoms. The number of methoxy groups -OCH3 is 3. The van der Waals surface area contributed by atoms with Gasteiger partial charge in [-0.1, -0.05) is 31.2 Å². The monoisotopic (exact) mass is 427 g/mol. The second-order valence-electron chi connectivity index (χ2n) is 8.24. The van der Waals surface area contributed by atoms with Crippen LogP contribution in [-0.4, -0.2) is 40.1 Å². The van der Waals surface area contributed by atoms with Gasteiger partial charge in [0.25, 0.3) is 0 Å². The lowest BCUT2D eigenvalue weighted by molar-refractivity contribution is -0.125. The third-order valence-electron chi connectivity index (χ3n) is 6.59. The van der Waals surface area contributed by atoms with E-state index in [0.717, 1.165) is 62.6 Å². The quantitative estimate of drug-likeness (QED) is 0.511. The molecule has 5 heteroatoms. The van der Waals surface area contributed by atoms with Crippen molar-refractivity contribution in [3.05, 3.63) is 53.6 Å². The lowest BCUT2D eigenvalue weighted by atomic mass is 9.74. The molecule has 1 aliphatic heterocycles. The summed E-state index contributed by atoms with van der Waals surface area (Å²) in [5, 5.41) is 3.60. The third kappa shape index (κ3) is 5.72. The maximum Gasteiger partial charge on any atom is 0.161 e. The van der Waals surface area contributed by atoms with Gasteiger partial charge in [0.2, 0.25) is 0 Å². The first-order valence-corrected chi connectivity index (χ1v) is 11.3. The summed E-state index contributed by atoms with van der Waals surface area (Å²) in [6.07, 6.45) is 5.33. The van der Waals surface area contributed by atoms with E-state index >= 15 is 0 Å². The number of para-hydroxylation sites is 1. The second-order valence-corrected chi connectivity index (χ2v) is 8.24. The molecule has 2 atom stereocenters. The fraction of sp³-hybridized carbons (Fsp3) is 0.538. The molecule has 1 heterocycles. The molecule has 0 saturated carbocycles. The van der Waals surface area contributed by atoms with Crippen LogP contribution in [-0.2, 0) is 17.7 Å². The Morgan fingerprint density at radius 1 is 1.00 bits per heavy atom. The van der Waals surface area contributed by atoms with E-state index in [-0.39, 0.29) is 5.60 Å². The van der Waals surface area contributed by atoms with Crippen molar-refractivity contribution in [1.29, 1.82) is 0 Å². The molecule has 1 aliphatic rings. The van der Waals surface area contributed by atoms with Crippen LogP contribution in [0.25, 0.3) is 0 Å². The minimum atomic E-state index is -0.0936. The first-order chi connectivity index (χ1) is 15.2. The van der Waals surface area contributed by atoms with Crippen molar-refractivity contribution in [2.24, 2.45) is 5.92 Å². The van der Waals surface area contributed by atoms with Gasteiger partial charge in [0.05, 0.1) is 26.9 Å². The van der Waals surface area contributed by atoms with Crippen molar-refractivity contribution in [1.82, 2.24) is 5.32 Å². The van der Waals surface area contributed by atoms with E-state index in [4.69, 9.17) is 18.9 Å². The van der Waals surface area contributed by atoms with Crippen LogP contribution in [0.4, 0.5) is 0 Å². The first kappa shape index (κ1) is 23.4. The van der Waals surface area contributed by atoms with Crippen molar-refractivity contribution in [2.45, 2.75) is 51.2 Å². The molecule has 1 N–H and O–H groups in total. The molecule has 1 saturated heterocycles. The number of benzene rings is 2. The first-order valence-electron chi connectivity index (χ1n) is 11.3. The van der Waals surface area contributed by atoms with Crippen molar-refractivity contribution in [3.8, 4) is 17.2 Å². The van der Waals surface area contributed by atoms with E-state index in [1.54, 1.807) is 21.3 Å². The molecular weight excluding hydrogens is 390 g/mol. The van der Waals surface area contributed by atoms with Gasteiger partial charge >= 0.3 is 0 Å². The van der Waals surface area contributed by atoms with Crippen molar-refractivity contribution in [3.63, 3.8) is 0 Å². The Labute approximate surface area is 187 Å². The van der Waals surface area contributed by atoms with Crippen LogP contribution >= 0.6 is 0 Å². The van der Waals surface area contributed by atoms with Crippen LogP contribution < -0.4 is 19.5 Å². The number of nitrogens with one attached hydrogen (secondary N) is 1. The Hall–Kier alpha value is -2.24. The summed E-state index contributed by atoms with van der Waals surface area (Å²) in [5.41, 5.74) is 2.36.